The SMILES string of the molecule is CCc1cc(Nc2cn(C)nc2OCC(F)(F)F)nc(-c2ccc([N+](=O)[O-])cc2)n1. The van der Waals surface area contributed by atoms with Crippen LogP contribution in [0.2, 0.25) is 0 Å². The van der Waals surface area contributed by atoms with Gasteiger partial charge in [-0.25, -0.2) is 9.97 Å². The maximum atomic E-state index is 12.5. The van der Waals surface area contributed by atoms with Crippen molar-refractivity contribution in [1.29, 1.82) is 0 Å². The van der Waals surface area contributed by atoms with Crippen LogP contribution in [0.5, 0.6) is 5.88 Å². The molecule has 12 heteroatoms. The molecule has 0 atom stereocenters. The molecule has 0 aliphatic heterocycles. The van der Waals surface area contributed by atoms with Crippen molar-refractivity contribution >= 4 is 17.2 Å². The zero-order valence-electron chi connectivity index (χ0n) is 16.0. The van der Waals surface area contributed by atoms with Gasteiger partial charge in [-0.1, -0.05) is 6.92 Å². The predicted molar refractivity (Wildman–Crippen MR) is 102 cm³/mol. The number of non-ortho nitro benzene ring substituents is 1. The summed E-state index contributed by atoms with van der Waals surface area (Å²) in [5, 5.41) is 17.6. The van der Waals surface area contributed by atoms with Gasteiger partial charge in [-0.2, -0.15) is 13.2 Å². The van der Waals surface area contributed by atoms with E-state index in [2.05, 4.69) is 20.4 Å². The molecule has 0 radical (unpaired) electrons. The lowest BCUT2D eigenvalue weighted by atomic mass is 10.2. The first-order valence-corrected chi connectivity index (χ1v) is 8.77. The van der Waals surface area contributed by atoms with Crippen LogP contribution in [0.4, 0.5) is 30.4 Å². The lowest BCUT2D eigenvalue weighted by Crippen LogP contribution is -2.19. The van der Waals surface area contributed by atoms with Crippen LogP contribution in [-0.2, 0) is 13.5 Å². The molecule has 0 amide bonds. The van der Waals surface area contributed by atoms with E-state index in [9.17, 15) is 23.3 Å². The van der Waals surface area contributed by atoms with Crippen molar-refractivity contribution < 1.29 is 22.8 Å². The molecule has 0 saturated heterocycles. The van der Waals surface area contributed by atoms with Crippen molar-refractivity contribution in [3.05, 3.63) is 52.3 Å². The number of anilines is 2. The van der Waals surface area contributed by atoms with E-state index in [0.29, 0.717) is 29.3 Å². The average Bonchev–Trinajstić information content (AvgIpc) is 3.04. The Bertz CT molecular complexity index is 1050. The summed E-state index contributed by atoms with van der Waals surface area (Å²) in [5.74, 6) is 0.414. The van der Waals surface area contributed by atoms with E-state index in [1.807, 2.05) is 6.92 Å². The number of hydrogen-bond donors (Lipinski definition) is 1. The highest BCUT2D eigenvalue weighted by Crippen LogP contribution is 2.29. The maximum Gasteiger partial charge on any atom is 0.422 e. The zero-order chi connectivity index (χ0) is 21.9. The fourth-order valence-electron chi connectivity index (χ4n) is 2.55. The van der Waals surface area contributed by atoms with Gasteiger partial charge in [0, 0.05) is 36.5 Å². The highest BCUT2D eigenvalue weighted by Gasteiger charge is 2.29. The number of aryl methyl sites for hydroxylation is 2. The molecule has 9 nitrogen and oxygen atoms in total. The van der Waals surface area contributed by atoms with E-state index in [4.69, 9.17) is 4.74 Å². The molecule has 0 fully saturated rings. The molecular formula is C18H17F3N6O3. The summed E-state index contributed by atoms with van der Waals surface area (Å²) in [6.07, 6.45) is -2.46. The molecular weight excluding hydrogens is 405 g/mol. The van der Waals surface area contributed by atoms with E-state index < -0.39 is 17.7 Å². The number of ether oxygens (including phenoxy) is 1. The van der Waals surface area contributed by atoms with Crippen molar-refractivity contribution in [3.8, 4) is 17.3 Å². The molecule has 0 saturated carbocycles. The van der Waals surface area contributed by atoms with Crippen LogP contribution in [0, 0.1) is 10.1 Å². The Morgan fingerprint density at radius 2 is 1.93 bits per heavy atom. The summed E-state index contributed by atoms with van der Waals surface area (Å²) in [5.41, 5.74) is 1.36. The van der Waals surface area contributed by atoms with Gasteiger partial charge in [0.1, 0.15) is 11.5 Å². The van der Waals surface area contributed by atoms with E-state index >= 15 is 0 Å². The van der Waals surface area contributed by atoms with Crippen LogP contribution in [0.15, 0.2) is 36.5 Å². The second kappa shape index (κ2) is 8.35. The topological polar surface area (TPSA) is 108 Å². The van der Waals surface area contributed by atoms with Crippen molar-refractivity contribution in [2.24, 2.45) is 7.05 Å². The first-order chi connectivity index (χ1) is 14.1. The molecule has 3 aromatic rings. The second-order valence-corrected chi connectivity index (χ2v) is 6.28. The number of nitrogens with zero attached hydrogens (tertiary/aromatic N) is 5. The Balaban J connectivity index is 1.90. The van der Waals surface area contributed by atoms with Gasteiger partial charge >= 0.3 is 6.18 Å². The number of aromatic nitrogens is 4. The summed E-state index contributed by atoms with van der Waals surface area (Å²) >= 11 is 0. The highest BCUT2D eigenvalue weighted by molar-refractivity contribution is 5.65. The monoisotopic (exact) mass is 422 g/mol. The Hall–Kier alpha value is -3.70. The molecule has 1 aromatic carbocycles. The summed E-state index contributed by atoms with van der Waals surface area (Å²) < 4.78 is 43.5. The molecule has 0 unspecified atom stereocenters. The van der Waals surface area contributed by atoms with Crippen LogP contribution in [0.1, 0.15) is 12.6 Å². The summed E-state index contributed by atoms with van der Waals surface area (Å²) in [4.78, 5) is 19.1. The lowest BCUT2D eigenvalue weighted by molar-refractivity contribution is -0.384. The minimum absolute atomic E-state index is 0.0643. The molecule has 0 aliphatic rings. The van der Waals surface area contributed by atoms with E-state index in [-0.39, 0.29) is 17.3 Å². The molecule has 158 valence electrons. The maximum absolute atomic E-state index is 12.5. The Morgan fingerprint density at radius 1 is 1.23 bits per heavy atom. The van der Waals surface area contributed by atoms with Crippen molar-refractivity contribution in [2.75, 3.05) is 11.9 Å². The van der Waals surface area contributed by atoms with Crippen molar-refractivity contribution in [3.63, 3.8) is 0 Å². The fraction of sp³-hybridized carbons (Fsp3) is 0.278. The number of hydrogen-bond acceptors (Lipinski definition) is 7. The lowest BCUT2D eigenvalue weighted by Gasteiger charge is -2.11. The van der Waals surface area contributed by atoms with Gasteiger partial charge in [-0.15, -0.1) is 5.10 Å². The zero-order valence-corrected chi connectivity index (χ0v) is 16.0. The molecule has 0 spiro atoms. The summed E-state index contributed by atoms with van der Waals surface area (Å²) in [6.45, 7) is 0.407. The van der Waals surface area contributed by atoms with E-state index in [1.165, 1.54) is 35.1 Å². The minimum Gasteiger partial charge on any atom is -0.465 e. The van der Waals surface area contributed by atoms with Gasteiger partial charge in [0.05, 0.1) is 11.1 Å². The van der Waals surface area contributed by atoms with Crippen molar-refractivity contribution in [2.45, 2.75) is 19.5 Å². The number of nitrogens with one attached hydrogen (secondary N) is 1. The summed E-state index contributed by atoms with van der Waals surface area (Å²) in [6, 6.07) is 7.38. The number of benzene rings is 1. The van der Waals surface area contributed by atoms with Gasteiger partial charge < -0.3 is 10.1 Å². The quantitative estimate of drug-likeness (QED) is 0.452. The molecule has 3 rings (SSSR count). The van der Waals surface area contributed by atoms with Crippen LogP contribution in [0.25, 0.3) is 11.4 Å². The van der Waals surface area contributed by atoms with Crippen LogP contribution in [-0.4, -0.2) is 37.5 Å². The third-order valence-corrected chi connectivity index (χ3v) is 3.91. The number of rotatable bonds is 7. The third kappa shape index (κ3) is 5.21. The fourth-order valence-corrected chi connectivity index (χ4v) is 2.55. The van der Waals surface area contributed by atoms with Crippen LogP contribution >= 0.6 is 0 Å². The average molecular weight is 422 g/mol. The van der Waals surface area contributed by atoms with Crippen LogP contribution < -0.4 is 10.1 Å². The normalized spacial score (nSPS) is 11.4. The van der Waals surface area contributed by atoms with Crippen molar-refractivity contribution in [1.82, 2.24) is 19.7 Å². The minimum atomic E-state index is -4.50. The molecule has 2 aromatic heterocycles. The van der Waals surface area contributed by atoms with Gasteiger partial charge in [-0.05, 0) is 18.6 Å². The standard InChI is InChI=1S/C18H17F3N6O3/c1-3-12-8-15(23-14-9-26(2)25-17(14)30-10-18(19,20)21)24-16(22-12)11-4-6-13(7-5-11)27(28)29/h4-9H,3,10H2,1-2H3,(H,22,23,24). The van der Waals surface area contributed by atoms with E-state index in [1.54, 1.807) is 13.1 Å². The number of nitro benzene ring substituents is 1. The predicted octanol–water partition coefficient (Wildman–Crippen LogP) is 4.03. The van der Waals surface area contributed by atoms with Gasteiger partial charge in [-0.3, -0.25) is 14.8 Å². The molecule has 0 bridgehead atoms. The molecule has 0 aliphatic carbocycles. The molecule has 1 N–H and O–H groups in total. The number of nitro groups is 1. The van der Waals surface area contributed by atoms with Gasteiger partial charge in [0.15, 0.2) is 12.4 Å². The second-order valence-electron chi connectivity index (χ2n) is 6.28. The first kappa shape index (κ1) is 21.0. The Morgan fingerprint density at radius 3 is 2.53 bits per heavy atom. The largest absolute Gasteiger partial charge is 0.465 e. The molecule has 2 heterocycles. The molecule has 30 heavy (non-hydrogen) atoms. The highest BCUT2D eigenvalue weighted by atomic mass is 19.4. The smallest absolute Gasteiger partial charge is 0.422 e. The third-order valence-electron chi connectivity index (χ3n) is 3.91. The van der Waals surface area contributed by atoms with Gasteiger partial charge in [0.25, 0.3) is 11.6 Å². The first-order valence-electron chi connectivity index (χ1n) is 8.77. The Kier molecular flexibility index (Phi) is 5.85. The van der Waals surface area contributed by atoms with Gasteiger partial charge in [0.2, 0.25) is 0 Å². The Labute approximate surface area is 168 Å². The van der Waals surface area contributed by atoms with Crippen LogP contribution in [0.3, 0.4) is 0 Å². The summed E-state index contributed by atoms with van der Waals surface area (Å²) in [7, 11) is 1.55. The van der Waals surface area contributed by atoms with E-state index in [0.717, 1.165) is 0 Å². The number of halogens is 3. The number of alkyl halides is 3.